The number of hydrogen-bond acceptors (Lipinski definition) is 5. The Morgan fingerprint density at radius 3 is 2.62 bits per heavy atom. The van der Waals surface area contributed by atoms with Crippen LogP contribution in [0.4, 0.5) is 11.4 Å². The van der Waals surface area contributed by atoms with E-state index in [1.54, 1.807) is 18.2 Å². The number of nitrogens with two attached hydrogens (primary N) is 1. The molecule has 2 heterocycles. The van der Waals surface area contributed by atoms with E-state index in [1.807, 2.05) is 13.0 Å². The van der Waals surface area contributed by atoms with E-state index in [0.717, 1.165) is 11.3 Å². The maximum atomic E-state index is 12.2. The van der Waals surface area contributed by atoms with Gasteiger partial charge in [0.05, 0.1) is 29.5 Å². The Morgan fingerprint density at radius 2 is 1.95 bits per heavy atom. The SMILES string of the molecule is Cc1ccc(C(=O)Nc2cc3c(cc2N)OCCCO3)s1. The number of amides is 1. The molecule has 3 rings (SSSR count). The van der Waals surface area contributed by atoms with Crippen LogP contribution in [0.3, 0.4) is 0 Å². The van der Waals surface area contributed by atoms with Crippen LogP contribution >= 0.6 is 11.3 Å². The van der Waals surface area contributed by atoms with E-state index in [0.29, 0.717) is 41.0 Å². The summed E-state index contributed by atoms with van der Waals surface area (Å²) < 4.78 is 11.2. The number of nitrogen functional groups attached to an aromatic ring is 1. The zero-order valence-electron chi connectivity index (χ0n) is 11.6. The molecule has 0 unspecified atom stereocenters. The Bertz CT molecular complexity index is 682. The van der Waals surface area contributed by atoms with Gasteiger partial charge in [-0.25, -0.2) is 0 Å². The molecule has 0 fully saturated rings. The monoisotopic (exact) mass is 304 g/mol. The summed E-state index contributed by atoms with van der Waals surface area (Å²) in [6.45, 7) is 3.16. The highest BCUT2D eigenvalue weighted by Crippen LogP contribution is 2.36. The molecule has 110 valence electrons. The number of aryl methyl sites for hydroxylation is 1. The van der Waals surface area contributed by atoms with Crippen molar-refractivity contribution in [3.05, 3.63) is 34.0 Å². The van der Waals surface area contributed by atoms with Crippen LogP contribution in [0.25, 0.3) is 0 Å². The van der Waals surface area contributed by atoms with Crippen LogP contribution in [0.1, 0.15) is 21.0 Å². The maximum Gasteiger partial charge on any atom is 0.265 e. The van der Waals surface area contributed by atoms with E-state index < -0.39 is 0 Å². The molecule has 0 bridgehead atoms. The number of anilines is 2. The van der Waals surface area contributed by atoms with Crippen molar-refractivity contribution in [3.8, 4) is 11.5 Å². The van der Waals surface area contributed by atoms with Gasteiger partial charge in [-0.3, -0.25) is 4.79 Å². The Balaban J connectivity index is 1.85. The molecule has 3 N–H and O–H groups in total. The van der Waals surface area contributed by atoms with Gasteiger partial charge in [0.15, 0.2) is 11.5 Å². The predicted octanol–water partition coefficient (Wildman–Crippen LogP) is 3.05. The number of hydrogen-bond donors (Lipinski definition) is 2. The van der Waals surface area contributed by atoms with Crippen LogP contribution in [-0.4, -0.2) is 19.1 Å². The molecular formula is C15H16N2O3S. The van der Waals surface area contributed by atoms with Crippen molar-refractivity contribution in [2.24, 2.45) is 0 Å². The van der Waals surface area contributed by atoms with Gasteiger partial charge in [0.2, 0.25) is 0 Å². The minimum absolute atomic E-state index is 0.172. The highest BCUT2D eigenvalue weighted by Gasteiger charge is 2.16. The normalized spacial score (nSPS) is 13.6. The summed E-state index contributed by atoms with van der Waals surface area (Å²) in [5, 5.41) is 2.82. The van der Waals surface area contributed by atoms with E-state index in [-0.39, 0.29) is 5.91 Å². The Hall–Kier alpha value is -2.21. The zero-order valence-corrected chi connectivity index (χ0v) is 12.5. The van der Waals surface area contributed by atoms with Crippen LogP contribution < -0.4 is 20.5 Å². The third-order valence-corrected chi connectivity index (χ3v) is 4.13. The number of thiophene rings is 1. The third kappa shape index (κ3) is 2.95. The van der Waals surface area contributed by atoms with Gasteiger partial charge >= 0.3 is 0 Å². The fourth-order valence-corrected chi connectivity index (χ4v) is 2.84. The van der Waals surface area contributed by atoms with Gasteiger partial charge < -0.3 is 20.5 Å². The van der Waals surface area contributed by atoms with E-state index in [1.165, 1.54) is 11.3 Å². The lowest BCUT2D eigenvalue weighted by Crippen LogP contribution is -2.12. The maximum absolute atomic E-state index is 12.2. The third-order valence-electron chi connectivity index (χ3n) is 3.13. The predicted molar refractivity (Wildman–Crippen MR) is 83.5 cm³/mol. The number of ether oxygens (including phenoxy) is 2. The summed E-state index contributed by atoms with van der Waals surface area (Å²) in [7, 11) is 0. The van der Waals surface area contributed by atoms with Gasteiger partial charge in [-0.1, -0.05) is 0 Å². The molecule has 5 nitrogen and oxygen atoms in total. The molecular weight excluding hydrogens is 288 g/mol. The first-order chi connectivity index (χ1) is 10.1. The van der Waals surface area contributed by atoms with Crippen LogP contribution in [0.2, 0.25) is 0 Å². The van der Waals surface area contributed by atoms with E-state index in [9.17, 15) is 4.79 Å². The van der Waals surface area contributed by atoms with Crippen molar-refractivity contribution < 1.29 is 14.3 Å². The summed E-state index contributed by atoms with van der Waals surface area (Å²) in [6.07, 6.45) is 0.824. The number of rotatable bonds is 2. The zero-order chi connectivity index (χ0) is 14.8. The molecule has 1 aromatic heterocycles. The smallest absolute Gasteiger partial charge is 0.265 e. The summed E-state index contributed by atoms with van der Waals surface area (Å²) in [6, 6.07) is 7.12. The van der Waals surface area contributed by atoms with Crippen LogP contribution in [0.5, 0.6) is 11.5 Å². The minimum atomic E-state index is -0.172. The average molecular weight is 304 g/mol. The van der Waals surface area contributed by atoms with Gasteiger partial charge in [-0.2, -0.15) is 0 Å². The standard InChI is InChI=1S/C15H16N2O3S/c1-9-3-4-14(21-9)15(18)17-11-8-13-12(7-10(11)16)19-5-2-6-20-13/h3-4,7-8H,2,5-6,16H2,1H3,(H,17,18). The first kappa shape index (κ1) is 13.8. The molecule has 0 atom stereocenters. The Labute approximate surface area is 126 Å². The second-order valence-corrected chi connectivity index (χ2v) is 6.09. The fraction of sp³-hybridized carbons (Fsp3) is 0.267. The fourth-order valence-electron chi connectivity index (χ4n) is 2.07. The first-order valence-corrected chi connectivity index (χ1v) is 7.52. The molecule has 0 spiro atoms. The van der Waals surface area contributed by atoms with Gasteiger partial charge in [-0.05, 0) is 19.1 Å². The summed E-state index contributed by atoms with van der Waals surface area (Å²) in [4.78, 5) is 13.9. The lowest BCUT2D eigenvalue weighted by atomic mass is 10.2. The molecule has 0 radical (unpaired) electrons. The lowest BCUT2D eigenvalue weighted by molar-refractivity contribution is 0.103. The van der Waals surface area contributed by atoms with Gasteiger partial charge in [0, 0.05) is 23.4 Å². The molecule has 6 heteroatoms. The second-order valence-electron chi connectivity index (χ2n) is 4.80. The molecule has 1 aromatic carbocycles. The highest BCUT2D eigenvalue weighted by molar-refractivity contribution is 7.14. The number of carbonyl (C=O) groups excluding carboxylic acids is 1. The quantitative estimate of drug-likeness (QED) is 0.836. The van der Waals surface area contributed by atoms with Gasteiger partial charge in [0.1, 0.15) is 0 Å². The molecule has 2 aromatic rings. The number of fused-ring (bicyclic) bond motifs is 1. The second kappa shape index (κ2) is 5.65. The van der Waals surface area contributed by atoms with Crippen molar-refractivity contribution in [2.45, 2.75) is 13.3 Å². The highest BCUT2D eigenvalue weighted by atomic mass is 32.1. The average Bonchev–Trinajstić information content (AvgIpc) is 2.76. The lowest BCUT2D eigenvalue weighted by Gasteiger charge is -2.12. The Morgan fingerprint density at radius 1 is 1.24 bits per heavy atom. The van der Waals surface area contributed by atoms with Crippen molar-refractivity contribution in [2.75, 3.05) is 24.3 Å². The van der Waals surface area contributed by atoms with Crippen molar-refractivity contribution >= 4 is 28.6 Å². The molecule has 21 heavy (non-hydrogen) atoms. The summed E-state index contributed by atoms with van der Waals surface area (Å²) >= 11 is 1.44. The van der Waals surface area contributed by atoms with E-state index in [4.69, 9.17) is 15.2 Å². The number of benzene rings is 1. The van der Waals surface area contributed by atoms with Crippen LogP contribution in [0.15, 0.2) is 24.3 Å². The molecule has 1 aliphatic heterocycles. The van der Waals surface area contributed by atoms with E-state index >= 15 is 0 Å². The summed E-state index contributed by atoms with van der Waals surface area (Å²) in [5.74, 6) is 1.06. The summed E-state index contributed by atoms with van der Waals surface area (Å²) in [5.41, 5.74) is 6.98. The largest absolute Gasteiger partial charge is 0.489 e. The first-order valence-electron chi connectivity index (χ1n) is 6.70. The molecule has 0 aliphatic carbocycles. The van der Waals surface area contributed by atoms with Crippen molar-refractivity contribution in [1.29, 1.82) is 0 Å². The Kier molecular flexibility index (Phi) is 3.70. The number of nitrogens with one attached hydrogen (secondary N) is 1. The van der Waals surface area contributed by atoms with E-state index in [2.05, 4.69) is 5.32 Å². The van der Waals surface area contributed by atoms with Gasteiger partial charge in [-0.15, -0.1) is 11.3 Å². The molecule has 0 saturated heterocycles. The van der Waals surface area contributed by atoms with Gasteiger partial charge in [0.25, 0.3) is 5.91 Å². The minimum Gasteiger partial charge on any atom is -0.489 e. The topological polar surface area (TPSA) is 73.6 Å². The van der Waals surface area contributed by atoms with Crippen LogP contribution in [0, 0.1) is 6.92 Å². The van der Waals surface area contributed by atoms with Crippen molar-refractivity contribution in [1.82, 2.24) is 0 Å². The molecule has 1 amide bonds. The molecule has 1 aliphatic rings. The molecule has 0 saturated carbocycles. The van der Waals surface area contributed by atoms with Crippen LogP contribution in [-0.2, 0) is 0 Å². The number of carbonyl (C=O) groups is 1. The van der Waals surface area contributed by atoms with Crippen molar-refractivity contribution in [3.63, 3.8) is 0 Å².